The second kappa shape index (κ2) is 5.18. The van der Waals surface area contributed by atoms with Crippen LogP contribution < -0.4 is 0 Å². The monoisotopic (exact) mass is 209 g/mol. The zero-order valence-corrected chi connectivity index (χ0v) is 8.93. The van der Waals surface area contributed by atoms with Crippen molar-refractivity contribution in [1.82, 2.24) is 4.31 Å². The number of rotatable bonds is 5. The quantitative estimate of drug-likeness (QED) is 0.590. The highest BCUT2D eigenvalue weighted by molar-refractivity contribution is 7.88. The average molecular weight is 209 g/mol. The maximum atomic E-state index is 10.9. The lowest BCUT2D eigenvalue weighted by Crippen LogP contribution is -2.28. The number of carbonyl (C=O) groups excluding carboxylic acids is 1. The SMILES string of the molecule is CCOC(=O)CCN(C)S(C)(=O)=O. The standard InChI is InChI=1S/C7H15NO4S/c1-4-12-7(9)5-6-8(2)13(3,10)11/h4-6H2,1-3H3. The molecule has 5 nitrogen and oxygen atoms in total. The first-order valence-electron chi connectivity index (χ1n) is 3.95. The van der Waals surface area contributed by atoms with Gasteiger partial charge in [-0.25, -0.2) is 12.7 Å². The average Bonchev–Trinajstić information content (AvgIpc) is 1.99. The van der Waals surface area contributed by atoms with Crippen molar-refractivity contribution in [2.24, 2.45) is 0 Å². The van der Waals surface area contributed by atoms with E-state index in [1.807, 2.05) is 0 Å². The van der Waals surface area contributed by atoms with Gasteiger partial charge in [0.05, 0.1) is 19.3 Å². The Morgan fingerprint density at radius 1 is 1.46 bits per heavy atom. The van der Waals surface area contributed by atoms with Crippen molar-refractivity contribution in [3.8, 4) is 0 Å². The van der Waals surface area contributed by atoms with Crippen molar-refractivity contribution >= 4 is 16.0 Å². The van der Waals surface area contributed by atoms with Gasteiger partial charge >= 0.3 is 5.97 Å². The molecule has 0 fully saturated rings. The fourth-order valence-electron chi connectivity index (χ4n) is 0.648. The number of carbonyl (C=O) groups is 1. The van der Waals surface area contributed by atoms with Crippen LogP contribution in [0.25, 0.3) is 0 Å². The zero-order valence-electron chi connectivity index (χ0n) is 8.11. The maximum absolute atomic E-state index is 10.9. The van der Waals surface area contributed by atoms with Gasteiger partial charge in [0.15, 0.2) is 0 Å². The molecule has 0 N–H and O–H groups in total. The van der Waals surface area contributed by atoms with Gasteiger partial charge in [-0.05, 0) is 6.92 Å². The molecule has 0 unspecified atom stereocenters. The molecule has 0 aromatic heterocycles. The van der Waals surface area contributed by atoms with E-state index in [9.17, 15) is 13.2 Å². The topological polar surface area (TPSA) is 63.7 Å². The largest absolute Gasteiger partial charge is 0.466 e. The summed E-state index contributed by atoms with van der Waals surface area (Å²) >= 11 is 0. The lowest BCUT2D eigenvalue weighted by molar-refractivity contribution is -0.143. The Balaban J connectivity index is 3.84. The summed E-state index contributed by atoms with van der Waals surface area (Å²) in [5.74, 6) is -0.377. The van der Waals surface area contributed by atoms with Crippen LogP contribution in [0.2, 0.25) is 0 Å². The Hall–Kier alpha value is -0.620. The molecule has 0 bridgehead atoms. The van der Waals surface area contributed by atoms with E-state index in [-0.39, 0.29) is 18.9 Å². The number of ether oxygens (including phenoxy) is 1. The van der Waals surface area contributed by atoms with Crippen LogP contribution >= 0.6 is 0 Å². The number of hydrogen-bond donors (Lipinski definition) is 0. The Labute approximate surface area is 78.7 Å². The summed E-state index contributed by atoms with van der Waals surface area (Å²) in [6.07, 6.45) is 1.19. The van der Waals surface area contributed by atoms with Crippen LogP contribution in [0, 0.1) is 0 Å². The Morgan fingerprint density at radius 2 is 2.00 bits per heavy atom. The molecule has 0 atom stereocenters. The van der Waals surface area contributed by atoms with Gasteiger partial charge in [-0.2, -0.15) is 0 Å². The van der Waals surface area contributed by atoms with E-state index < -0.39 is 10.0 Å². The van der Waals surface area contributed by atoms with Gasteiger partial charge in [-0.15, -0.1) is 0 Å². The minimum atomic E-state index is -3.19. The molecule has 78 valence electrons. The summed E-state index contributed by atoms with van der Waals surface area (Å²) in [5.41, 5.74) is 0. The third kappa shape index (κ3) is 5.59. The molecule has 6 heteroatoms. The number of hydrogen-bond acceptors (Lipinski definition) is 4. The van der Waals surface area contributed by atoms with Crippen molar-refractivity contribution in [2.75, 3.05) is 26.5 Å². The molecule has 13 heavy (non-hydrogen) atoms. The van der Waals surface area contributed by atoms with Crippen molar-refractivity contribution < 1.29 is 17.9 Å². The number of sulfonamides is 1. The van der Waals surface area contributed by atoms with Crippen molar-refractivity contribution in [1.29, 1.82) is 0 Å². The minimum absolute atomic E-state index is 0.0947. The summed E-state index contributed by atoms with van der Waals surface area (Å²) in [7, 11) is -1.76. The molecule has 0 aromatic rings. The fourth-order valence-corrected chi connectivity index (χ4v) is 1.07. The van der Waals surface area contributed by atoms with Crippen LogP contribution in [0.4, 0.5) is 0 Å². The van der Waals surface area contributed by atoms with Gasteiger partial charge in [0, 0.05) is 13.6 Å². The summed E-state index contributed by atoms with van der Waals surface area (Å²) in [4.78, 5) is 10.8. The lowest BCUT2D eigenvalue weighted by Gasteiger charge is -2.12. The number of nitrogens with zero attached hydrogens (tertiary/aromatic N) is 1. The predicted molar refractivity (Wildman–Crippen MR) is 48.7 cm³/mol. The van der Waals surface area contributed by atoms with E-state index in [4.69, 9.17) is 0 Å². The second-order valence-corrected chi connectivity index (χ2v) is 4.73. The molecule has 0 saturated carbocycles. The molecule has 0 saturated heterocycles. The van der Waals surface area contributed by atoms with Crippen LogP contribution in [0.15, 0.2) is 0 Å². The van der Waals surface area contributed by atoms with Gasteiger partial charge in [0.25, 0.3) is 0 Å². The highest BCUT2D eigenvalue weighted by atomic mass is 32.2. The minimum Gasteiger partial charge on any atom is -0.466 e. The Bertz CT molecular complexity index is 260. The van der Waals surface area contributed by atoms with E-state index in [2.05, 4.69) is 4.74 Å². The van der Waals surface area contributed by atoms with Crippen LogP contribution in [0.1, 0.15) is 13.3 Å². The molecule has 0 heterocycles. The van der Waals surface area contributed by atoms with Gasteiger partial charge in [-0.3, -0.25) is 4.79 Å². The summed E-state index contributed by atoms with van der Waals surface area (Å²) in [5, 5.41) is 0. The fraction of sp³-hybridized carbons (Fsp3) is 0.857. The summed E-state index contributed by atoms with van der Waals surface area (Å²) in [6, 6.07) is 0. The van der Waals surface area contributed by atoms with E-state index in [0.29, 0.717) is 6.61 Å². The first-order chi connectivity index (χ1) is 5.88. The van der Waals surface area contributed by atoms with Gasteiger partial charge in [0.1, 0.15) is 0 Å². The second-order valence-electron chi connectivity index (χ2n) is 2.64. The molecular weight excluding hydrogens is 194 g/mol. The zero-order chi connectivity index (χ0) is 10.5. The molecule has 0 aromatic carbocycles. The smallest absolute Gasteiger partial charge is 0.307 e. The number of esters is 1. The summed E-state index contributed by atoms with van der Waals surface area (Å²) in [6.45, 7) is 2.19. The van der Waals surface area contributed by atoms with E-state index in [1.54, 1.807) is 6.92 Å². The van der Waals surface area contributed by atoms with Crippen LogP contribution in [-0.4, -0.2) is 45.1 Å². The third-order valence-electron chi connectivity index (χ3n) is 1.50. The molecule has 0 aliphatic rings. The van der Waals surface area contributed by atoms with E-state index >= 15 is 0 Å². The molecule has 0 aliphatic heterocycles. The Kier molecular flexibility index (Phi) is 4.94. The lowest BCUT2D eigenvalue weighted by atomic mass is 10.4. The normalized spacial score (nSPS) is 11.7. The highest BCUT2D eigenvalue weighted by Gasteiger charge is 2.12. The van der Waals surface area contributed by atoms with E-state index in [0.717, 1.165) is 10.6 Å². The van der Waals surface area contributed by atoms with Gasteiger partial charge < -0.3 is 4.74 Å². The highest BCUT2D eigenvalue weighted by Crippen LogP contribution is 1.96. The first-order valence-corrected chi connectivity index (χ1v) is 5.79. The third-order valence-corrected chi connectivity index (χ3v) is 2.82. The van der Waals surface area contributed by atoms with Crippen molar-refractivity contribution in [3.63, 3.8) is 0 Å². The van der Waals surface area contributed by atoms with Gasteiger partial charge in [0.2, 0.25) is 10.0 Å². The molecule has 0 aliphatic carbocycles. The van der Waals surface area contributed by atoms with Crippen molar-refractivity contribution in [2.45, 2.75) is 13.3 Å². The Morgan fingerprint density at radius 3 is 2.38 bits per heavy atom. The van der Waals surface area contributed by atoms with E-state index in [1.165, 1.54) is 7.05 Å². The first kappa shape index (κ1) is 12.4. The van der Waals surface area contributed by atoms with Gasteiger partial charge in [-0.1, -0.05) is 0 Å². The molecule has 0 rings (SSSR count). The summed E-state index contributed by atoms with van der Waals surface area (Å²) < 4.78 is 27.5. The van der Waals surface area contributed by atoms with Crippen molar-refractivity contribution in [3.05, 3.63) is 0 Å². The van der Waals surface area contributed by atoms with Crippen LogP contribution in [0.5, 0.6) is 0 Å². The molecular formula is C7H15NO4S. The van der Waals surface area contributed by atoms with Crippen LogP contribution in [-0.2, 0) is 19.6 Å². The maximum Gasteiger partial charge on any atom is 0.307 e. The molecule has 0 spiro atoms. The van der Waals surface area contributed by atoms with Crippen LogP contribution in [0.3, 0.4) is 0 Å². The molecule has 0 amide bonds. The molecule has 0 radical (unpaired) electrons. The predicted octanol–water partition coefficient (Wildman–Crippen LogP) is -0.169.